The molecule has 7 nitrogen and oxygen atoms in total. The number of nitrogens with zero attached hydrogens (tertiary/aromatic N) is 4. The van der Waals surface area contributed by atoms with Gasteiger partial charge in [0.1, 0.15) is 5.75 Å². The molecular formula is C20H20N4O3. The van der Waals surface area contributed by atoms with Crippen molar-refractivity contribution in [3.05, 3.63) is 60.6 Å². The van der Waals surface area contributed by atoms with E-state index in [2.05, 4.69) is 15.1 Å². The highest BCUT2D eigenvalue weighted by Crippen LogP contribution is 2.22. The van der Waals surface area contributed by atoms with Gasteiger partial charge in [-0.3, -0.25) is 4.79 Å². The van der Waals surface area contributed by atoms with Crippen molar-refractivity contribution < 1.29 is 13.9 Å². The highest BCUT2D eigenvalue weighted by Gasteiger charge is 2.24. The summed E-state index contributed by atoms with van der Waals surface area (Å²) in [5.74, 6) is 1.94. The van der Waals surface area contributed by atoms with Gasteiger partial charge >= 0.3 is 0 Å². The molecule has 0 atom stereocenters. The molecule has 3 heterocycles. The molecule has 0 aliphatic carbocycles. The van der Waals surface area contributed by atoms with Gasteiger partial charge in [-0.15, -0.1) is 10.2 Å². The van der Waals surface area contributed by atoms with E-state index >= 15 is 0 Å². The number of furan rings is 1. The van der Waals surface area contributed by atoms with Crippen LogP contribution < -0.4 is 9.64 Å². The van der Waals surface area contributed by atoms with Gasteiger partial charge in [0.05, 0.1) is 19.1 Å². The third-order valence-corrected chi connectivity index (χ3v) is 4.66. The number of carbonyl (C=O) groups is 1. The molecule has 1 aliphatic rings. The summed E-state index contributed by atoms with van der Waals surface area (Å²) in [7, 11) is 1.64. The fourth-order valence-electron chi connectivity index (χ4n) is 3.10. The van der Waals surface area contributed by atoms with E-state index in [0.717, 1.165) is 22.8 Å². The molecule has 4 rings (SSSR count). The smallest absolute Gasteiger partial charge is 0.289 e. The summed E-state index contributed by atoms with van der Waals surface area (Å²) in [5, 5.41) is 8.71. The lowest BCUT2D eigenvalue weighted by atomic mass is 10.1. The minimum Gasteiger partial charge on any atom is -0.497 e. The Hall–Kier alpha value is -3.35. The van der Waals surface area contributed by atoms with Crippen LogP contribution >= 0.6 is 0 Å². The Morgan fingerprint density at radius 2 is 1.78 bits per heavy atom. The fourth-order valence-corrected chi connectivity index (χ4v) is 3.10. The Morgan fingerprint density at radius 1 is 1.00 bits per heavy atom. The van der Waals surface area contributed by atoms with Crippen molar-refractivity contribution in [2.75, 3.05) is 38.2 Å². The van der Waals surface area contributed by atoms with Crippen LogP contribution in [0.5, 0.6) is 5.75 Å². The summed E-state index contributed by atoms with van der Waals surface area (Å²) < 4.78 is 10.4. The molecule has 27 heavy (non-hydrogen) atoms. The number of methoxy groups -OCH3 is 1. The van der Waals surface area contributed by atoms with E-state index in [9.17, 15) is 4.79 Å². The van der Waals surface area contributed by atoms with Crippen molar-refractivity contribution in [3.63, 3.8) is 0 Å². The van der Waals surface area contributed by atoms with E-state index in [0.29, 0.717) is 31.9 Å². The standard InChI is InChI=1S/C20H20N4O3/c1-26-16-6-4-15(5-7-16)17-8-9-19(22-21-17)23-10-12-24(13-11-23)20(25)18-3-2-14-27-18/h2-9,14H,10-13H2,1H3. The molecule has 138 valence electrons. The van der Waals surface area contributed by atoms with Crippen molar-refractivity contribution in [1.82, 2.24) is 15.1 Å². The number of ether oxygens (including phenoxy) is 1. The number of carbonyl (C=O) groups excluding carboxylic acids is 1. The molecule has 0 spiro atoms. The van der Waals surface area contributed by atoms with Gasteiger partial charge < -0.3 is 19.0 Å². The fraction of sp³-hybridized carbons (Fsp3) is 0.250. The lowest BCUT2D eigenvalue weighted by Crippen LogP contribution is -2.49. The average Bonchev–Trinajstić information content (AvgIpc) is 3.28. The quantitative estimate of drug-likeness (QED) is 0.709. The van der Waals surface area contributed by atoms with Crippen LogP contribution in [0.2, 0.25) is 0 Å². The third kappa shape index (κ3) is 3.62. The van der Waals surface area contributed by atoms with Crippen LogP contribution in [0.25, 0.3) is 11.3 Å². The topological polar surface area (TPSA) is 71.7 Å². The SMILES string of the molecule is COc1ccc(-c2ccc(N3CCN(C(=O)c4ccco4)CC3)nn2)cc1. The lowest BCUT2D eigenvalue weighted by molar-refractivity contribution is 0.0714. The van der Waals surface area contributed by atoms with E-state index in [1.54, 1.807) is 24.1 Å². The zero-order chi connectivity index (χ0) is 18.6. The maximum Gasteiger partial charge on any atom is 0.289 e. The number of amides is 1. The van der Waals surface area contributed by atoms with Crippen LogP contribution in [0.1, 0.15) is 10.6 Å². The molecular weight excluding hydrogens is 344 g/mol. The molecule has 0 saturated carbocycles. The second-order valence-corrected chi connectivity index (χ2v) is 6.26. The Labute approximate surface area is 157 Å². The number of piperazine rings is 1. The van der Waals surface area contributed by atoms with E-state index in [1.165, 1.54) is 6.26 Å². The normalized spacial score (nSPS) is 14.3. The molecule has 0 unspecified atom stereocenters. The van der Waals surface area contributed by atoms with Gasteiger partial charge in [-0.25, -0.2) is 0 Å². The van der Waals surface area contributed by atoms with Gasteiger partial charge in [0, 0.05) is 31.7 Å². The van der Waals surface area contributed by atoms with Gasteiger partial charge in [-0.05, 0) is 48.5 Å². The first-order chi connectivity index (χ1) is 13.2. The maximum atomic E-state index is 12.3. The van der Waals surface area contributed by atoms with E-state index in [-0.39, 0.29) is 5.91 Å². The van der Waals surface area contributed by atoms with Crippen molar-refractivity contribution in [2.45, 2.75) is 0 Å². The lowest BCUT2D eigenvalue weighted by Gasteiger charge is -2.34. The molecule has 1 saturated heterocycles. The maximum absolute atomic E-state index is 12.3. The summed E-state index contributed by atoms with van der Waals surface area (Å²) in [6.45, 7) is 2.68. The minimum absolute atomic E-state index is 0.0689. The molecule has 0 radical (unpaired) electrons. The largest absolute Gasteiger partial charge is 0.497 e. The van der Waals surface area contributed by atoms with E-state index in [4.69, 9.17) is 9.15 Å². The first-order valence-corrected chi connectivity index (χ1v) is 8.80. The van der Waals surface area contributed by atoms with Gasteiger partial charge in [-0.2, -0.15) is 0 Å². The average molecular weight is 364 g/mol. The van der Waals surface area contributed by atoms with Gasteiger partial charge in [0.2, 0.25) is 0 Å². The van der Waals surface area contributed by atoms with E-state index in [1.807, 2.05) is 36.4 Å². The van der Waals surface area contributed by atoms with Gasteiger partial charge in [0.15, 0.2) is 11.6 Å². The van der Waals surface area contributed by atoms with Gasteiger partial charge in [0.25, 0.3) is 5.91 Å². The Balaban J connectivity index is 1.39. The van der Waals surface area contributed by atoms with Crippen LogP contribution in [0, 0.1) is 0 Å². The van der Waals surface area contributed by atoms with Crippen LogP contribution in [0.15, 0.2) is 59.2 Å². The Morgan fingerprint density at radius 3 is 2.37 bits per heavy atom. The van der Waals surface area contributed by atoms with Crippen LogP contribution in [-0.4, -0.2) is 54.3 Å². The predicted octanol–water partition coefficient (Wildman–Crippen LogP) is 2.71. The molecule has 1 amide bonds. The zero-order valence-corrected chi connectivity index (χ0v) is 15.0. The number of benzene rings is 1. The second-order valence-electron chi connectivity index (χ2n) is 6.26. The number of aromatic nitrogens is 2. The number of anilines is 1. The van der Waals surface area contributed by atoms with E-state index < -0.39 is 0 Å². The molecule has 0 bridgehead atoms. The van der Waals surface area contributed by atoms with Crippen molar-refractivity contribution >= 4 is 11.7 Å². The minimum atomic E-state index is -0.0689. The summed E-state index contributed by atoms with van der Waals surface area (Å²) >= 11 is 0. The third-order valence-electron chi connectivity index (χ3n) is 4.66. The molecule has 0 N–H and O–H groups in total. The molecule has 2 aromatic heterocycles. The van der Waals surface area contributed by atoms with Crippen molar-refractivity contribution in [1.29, 1.82) is 0 Å². The molecule has 7 heteroatoms. The Kier molecular flexibility index (Phi) is 4.74. The summed E-state index contributed by atoms with van der Waals surface area (Å²) in [5.41, 5.74) is 1.80. The first-order valence-electron chi connectivity index (χ1n) is 8.80. The highest BCUT2D eigenvalue weighted by atomic mass is 16.5. The zero-order valence-electron chi connectivity index (χ0n) is 15.0. The molecule has 3 aromatic rings. The van der Waals surface area contributed by atoms with Crippen molar-refractivity contribution in [3.8, 4) is 17.0 Å². The van der Waals surface area contributed by atoms with Crippen LogP contribution in [-0.2, 0) is 0 Å². The van der Waals surface area contributed by atoms with Crippen LogP contribution in [0.3, 0.4) is 0 Å². The molecule has 1 aliphatic heterocycles. The number of rotatable bonds is 4. The first kappa shape index (κ1) is 17.1. The Bertz CT molecular complexity index is 884. The number of hydrogen-bond acceptors (Lipinski definition) is 6. The second kappa shape index (κ2) is 7.49. The number of hydrogen-bond donors (Lipinski definition) is 0. The molecule has 1 fully saturated rings. The van der Waals surface area contributed by atoms with Crippen LogP contribution in [0.4, 0.5) is 5.82 Å². The monoisotopic (exact) mass is 364 g/mol. The predicted molar refractivity (Wildman–Crippen MR) is 101 cm³/mol. The van der Waals surface area contributed by atoms with Gasteiger partial charge in [-0.1, -0.05) is 0 Å². The highest BCUT2D eigenvalue weighted by molar-refractivity contribution is 5.91. The van der Waals surface area contributed by atoms with Crippen molar-refractivity contribution in [2.24, 2.45) is 0 Å². The summed E-state index contributed by atoms with van der Waals surface area (Å²) in [6.07, 6.45) is 1.52. The summed E-state index contributed by atoms with van der Waals surface area (Å²) in [4.78, 5) is 16.3. The summed E-state index contributed by atoms with van der Waals surface area (Å²) in [6, 6.07) is 15.1. The molecule has 1 aromatic carbocycles.